The summed E-state index contributed by atoms with van der Waals surface area (Å²) in [5, 5.41) is 0. The number of rotatable bonds is 3. The van der Waals surface area contributed by atoms with Crippen LogP contribution in [0.3, 0.4) is 0 Å². The van der Waals surface area contributed by atoms with Crippen LogP contribution in [0.25, 0.3) is 11.4 Å². The number of carbonyl (C=O) groups excluding carboxylic acids is 1. The summed E-state index contributed by atoms with van der Waals surface area (Å²) in [5.74, 6) is 0.477. The first-order chi connectivity index (χ1) is 15.6. The van der Waals surface area contributed by atoms with Gasteiger partial charge in [-0.2, -0.15) is 13.2 Å². The summed E-state index contributed by atoms with van der Waals surface area (Å²) in [4.78, 5) is 25.6. The van der Waals surface area contributed by atoms with Crippen molar-refractivity contribution in [3.05, 3.63) is 76.7 Å². The Kier molecular flexibility index (Phi) is 6.05. The summed E-state index contributed by atoms with van der Waals surface area (Å²) in [6.45, 7) is 5.60. The maximum atomic E-state index is 13.7. The Morgan fingerprint density at radius 2 is 1.61 bits per heavy atom. The molecule has 33 heavy (non-hydrogen) atoms. The highest BCUT2D eigenvalue weighted by Gasteiger charge is 2.31. The zero-order chi connectivity index (χ0) is 23.8. The molecule has 1 fully saturated rings. The van der Waals surface area contributed by atoms with Gasteiger partial charge in [-0.25, -0.2) is 14.4 Å². The van der Waals surface area contributed by atoms with Gasteiger partial charge in [0.2, 0.25) is 0 Å². The van der Waals surface area contributed by atoms with Gasteiger partial charge in [0.15, 0.2) is 5.82 Å². The van der Waals surface area contributed by atoms with Crippen LogP contribution >= 0.6 is 0 Å². The molecule has 0 radical (unpaired) electrons. The van der Waals surface area contributed by atoms with Crippen molar-refractivity contribution in [2.75, 3.05) is 31.1 Å². The molecule has 1 saturated heterocycles. The topological polar surface area (TPSA) is 49.3 Å². The predicted octanol–water partition coefficient (Wildman–Crippen LogP) is 4.88. The van der Waals surface area contributed by atoms with Gasteiger partial charge in [-0.05, 0) is 50.2 Å². The summed E-state index contributed by atoms with van der Waals surface area (Å²) in [6, 6.07) is 10.4. The lowest BCUT2D eigenvalue weighted by Crippen LogP contribution is -2.49. The monoisotopic (exact) mass is 458 g/mol. The Bertz CT molecular complexity index is 1170. The van der Waals surface area contributed by atoms with Gasteiger partial charge in [0.1, 0.15) is 11.6 Å². The maximum Gasteiger partial charge on any atom is 0.416 e. The van der Waals surface area contributed by atoms with Crippen LogP contribution in [-0.2, 0) is 6.18 Å². The molecule has 2 heterocycles. The highest BCUT2D eigenvalue weighted by Crippen LogP contribution is 2.30. The lowest BCUT2D eigenvalue weighted by Gasteiger charge is -2.36. The number of nitrogens with zero attached hydrogens (tertiary/aromatic N) is 4. The van der Waals surface area contributed by atoms with Crippen LogP contribution < -0.4 is 4.90 Å². The van der Waals surface area contributed by atoms with Crippen molar-refractivity contribution in [1.29, 1.82) is 0 Å². The van der Waals surface area contributed by atoms with E-state index in [4.69, 9.17) is 0 Å². The molecule has 1 aromatic heterocycles. The van der Waals surface area contributed by atoms with E-state index >= 15 is 0 Å². The van der Waals surface area contributed by atoms with Gasteiger partial charge in [-0.15, -0.1) is 0 Å². The number of alkyl halides is 3. The molecule has 0 N–H and O–H groups in total. The molecule has 1 amide bonds. The predicted molar refractivity (Wildman–Crippen MR) is 116 cm³/mol. The second-order valence-corrected chi connectivity index (χ2v) is 7.95. The van der Waals surface area contributed by atoms with E-state index < -0.39 is 11.7 Å². The highest BCUT2D eigenvalue weighted by atomic mass is 19.4. The Morgan fingerprint density at radius 3 is 2.21 bits per heavy atom. The lowest BCUT2D eigenvalue weighted by molar-refractivity contribution is -0.137. The van der Waals surface area contributed by atoms with Crippen molar-refractivity contribution in [2.45, 2.75) is 20.0 Å². The first-order valence-corrected chi connectivity index (χ1v) is 10.5. The van der Waals surface area contributed by atoms with Crippen molar-refractivity contribution in [3.63, 3.8) is 0 Å². The van der Waals surface area contributed by atoms with Crippen molar-refractivity contribution in [1.82, 2.24) is 14.9 Å². The Hall–Kier alpha value is -3.49. The third-order valence-corrected chi connectivity index (χ3v) is 5.77. The zero-order valence-electron chi connectivity index (χ0n) is 18.2. The normalized spacial score (nSPS) is 14.5. The average molecular weight is 458 g/mol. The number of aryl methyl sites for hydroxylation is 1. The minimum Gasteiger partial charge on any atom is -0.353 e. The second kappa shape index (κ2) is 8.80. The summed E-state index contributed by atoms with van der Waals surface area (Å²) < 4.78 is 52.0. The van der Waals surface area contributed by atoms with Gasteiger partial charge in [0.05, 0.1) is 5.56 Å². The van der Waals surface area contributed by atoms with E-state index in [1.54, 1.807) is 17.0 Å². The summed E-state index contributed by atoms with van der Waals surface area (Å²) in [6.07, 6.45) is -4.44. The molecule has 172 valence electrons. The average Bonchev–Trinajstić information content (AvgIpc) is 2.80. The summed E-state index contributed by atoms with van der Waals surface area (Å²) in [5.41, 5.74) is 1.70. The number of piperazine rings is 1. The van der Waals surface area contributed by atoms with Crippen LogP contribution in [0.1, 0.15) is 27.2 Å². The van der Waals surface area contributed by atoms with Crippen LogP contribution in [0.5, 0.6) is 0 Å². The van der Waals surface area contributed by atoms with Crippen LogP contribution in [-0.4, -0.2) is 47.0 Å². The quantitative estimate of drug-likeness (QED) is 0.525. The Balaban J connectivity index is 1.49. The molecule has 0 saturated carbocycles. The van der Waals surface area contributed by atoms with E-state index in [1.165, 1.54) is 24.3 Å². The van der Waals surface area contributed by atoms with Crippen LogP contribution in [0.15, 0.2) is 48.5 Å². The SMILES string of the molecule is Cc1nc(-c2cccc(F)c2)nc(N2CCN(C(=O)c3ccc(C(F)(F)F)cc3)CC2)c1C. The third-order valence-electron chi connectivity index (χ3n) is 5.77. The molecule has 3 aromatic rings. The molecule has 9 heteroatoms. The number of aromatic nitrogens is 2. The molecule has 5 nitrogen and oxygen atoms in total. The highest BCUT2D eigenvalue weighted by molar-refractivity contribution is 5.94. The Morgan fingerprint density at radius 1 is 0.939 bits per heavy atom. The van der Waals surface area contributed by atoms with E-state index in [1.807, 2.05) is 18.7 Å². The number of hydrogen-bond donors (Lipinski definition) is 0. The number of halogens is 4. The van der Waals surface area contributed by atoms with Gasteiger partial charge in [-0.1, -0.05) is 12.1 Å². The molecule has 2 aromatic carbocycles. The summed E-state index contributed by atoms with van der Waals surface area (Å²) >= 11 is 0. The van der Waals surface area contributed by atoms with Crippen molar-refractivity contribution in [2.24, 2.45) is 0 Å². The lowest BCUT2D eigenvalue weighted by atomic mass is 10.1. The van der Waals surface area contributed by atoms with Crippen molar-refractivity contribution in [3.8, 4) is 11.4 Å². The van der Waals surface area contributed by atoms with Gasteiger partial charge in [0, 0.05) is 48.6 Å². The molecule has 4 rings (SSSR count). The minimum absolute atomic E-state index is 0.221. The van der Waals surface area contributed by atoms with Gasteiger partial charge < -0.3 is 9.80 Å². The largest absolute Gasteiger partial charge is 0.416 e. The molecular weight excluding hydrogens is 436 g/mol. The first-order valence-electron chi connectivity index (χ1n) is 10.5. The molecule has 0 aliphatic carbocycles. The number of amides is 1. The molecule has 1 aliphatic rings. The number of hydrogen-bond acceptors (Lipinski definition) is 4. The smallest absolute Gasteiger partial charge is 0.353 e. The van der Waals surface area contributed by atoms with E-state index in [0.717, 1.165) is 29.2 Å². The van der Waals surface area contributed by atoms with Gasteiger partial charge >= 0.3 is 6.18 Å². The van der Waals surface area contributed by atoms with E-state index in [0.29, 0.717) is 37.6 Å². The molecule has 0 atom stereocenters. The van der Waals surface area contributed by atoms with Gasteiger partial charge in [-0.3, -0.25) is 4.79 Å². The fraction of sp³-hybridized carbons (Fsp3) is 0.292. The fourth-order valence-corrected chi connectivity index (χ4v) is 3.78. The molecule has 0 bridgehead atoms. The third kappa shape index (κ3) is 4.81. The van der Waals surface area contributed by atoms with Crippen molar-refractivity contribution < 1.29 is 22.4 Å². The van der Waals surface area contributed by atoms with Crippen LogP contribution in [0.2, 0.25) is 0 Å². The minimum atomic E-state index is -4.44. The van der Waals surface area contributed by atoms with Crippen molar-refractivity contribution >= 4 is 11.7 Å². The maximum absolute atomic E-state index is 13.7. The Labute approximate surface area is 188 Å². The van der Waals surface area contributed by atoms with E-state index in [2.05, 4.69) is 9.97 Å². The first kappa shape index (κ1) is 22.7. The molecule has 0 spiro atoms. The summed E-state index contributed by atoms with van der Waals surface area (Å²) in [7, 11) is 0. The fourth-order valence-electron chi connectivity index (χ4n) is 3.78. The van der Waals surface area contributed by atoms with Crippen LogP contribution in [0, 0.1) is 19.7 Å². The molecule has 0 unspecified atom stereocenters. The van der Waals surface area contributed by atoms with E-state index in [9.17, 15) is 22.4 Å². The number of anilines is 1. The number of benzene rings is 2. The number of carbonyl (C=O) groups is 1. The second-order valence-electron chi connectivity index (χ2n) is 7.95. The standard InChI is InChI=1S/C24H22F4N4O/c1-15-16(2)29-21(18-4-3-5-20(25)14-18)30-22(15)31-10-12-32(13-11-31)23(33)17-6-8-19(9-7-17)24(26,27)28/h3-9,14H,10-13H2,1-2H3. The van der Waals surface area contributed by atoms with E-state index in [-0.39, 0.29) is 17.3 Å². The van der Waals surface area contributed by atoms with Gasteiger partial charge in [0.25, 0.3) is 5.91 Å². The van der Waals surface area contributed by atoms with Crippen LogP contribution in [0.4, 0.5) is 23.4 Å². The zero-order valence-corrected chi connectivity index (χ0v) is 18.2. The molecular formula is C24H22F4N4O. The molecule has 1 aliphatic heterocycles.